The van der Waals surface area contributed by atoms with E-state index in [-0.39, 0.29) is 0 Å². The molecule has 0 fully saturated rings. The Morgan fingerprint density at radius 2 is 1.92 bits per heavy atom. The molecule has 0 atom stereocenters. The van der Waals surface area contributed by atoms with Crippen molar-refractivity contribution < 1.29 is 4.43 Å². The van der Waals surface area contributed by atoms with Crippen LogP contribution in [0.5, 0.6) is 5.75 Å². The van der Waals surface area contributed by atoms with E-state index in [1.807, 2.05) is 19.2 Å². The van der Waals surface area contributed by atoms with E-state index in [1.165, 1.54) is 0 Å². The Balaban J connectivity index is 2.77. The highest BCUT2D eigenvalue weighted by Gasteiger charge is 2.15. The standard InChI is InChI=1S/C9H15NOSi/c1-8-5-9(7-10-6-8)11-12(2,3)4/h5-7H,1-4H3. The highest BCUT2D eigenvalue weighted by atomic mass is 28.4. The molecular formula is C9H15NOSi. The van der Waals surface area contributed by atoms with Crippen LogP contribution < -0.4 is 4.43 Å². The number of hydrogen-bond acceptors (Lipinski definition) is 2. The Morgan fingerprint density at radius 1 is 1.25 bits per heavy atom. The van der Waals surface area contributed by atoms with Gasteiger partial charge in [-0.15, -0.1) is 0 Å². The van der Waals surface area contributed by atoms with Gasteiger partial charge in [-0.2, -0.15) is 0 Å². The maximum Gasteiger partial charge on any atom is 0.242 e. The molecule has 0 aliphatic rings. The molecule has 0 aliphatic heterocycles. The molecule has 2 nitrogen and oxygen atoms in total. The van der Waals surface area contributed by atoms with Crippen LogP contribution in [0, 0.1) is 6.92 Å². The van der Waals surface area contributed by atoms with Gasteiger partial charge in [-0.1, -0.05) is 0 Å². The molecule has 1 heterocycles. The lowest BCUT2D eigenvalue weighted by Crippen LogP contribution is -2.29. The topological polar surface area (TPSA) is 22.1 Å². The van der Waals surface area contributed by atoms with Crippen LogP contribution in [-0.4, -0.2) is 13.3 Å². The van der Waals surface area contributed by atoms with Crippen LogP contribution in [0.15, 0.2) is 18.5 Å². The van der Waals surface area contributed by atoms with Gasteiger partial charge in [-0.3, -0.25) is 4.98 Å². The van der Waals surface area contributed by atoms with Crippen LogP contribution >= 0.6 is 0 Å². The second-order valence-electron chi connectivity index (χ2n) is 3.91. The first kappa shape index (κ1) is 9.26. The Kier molecular flexibility index (Phi) is 2.52. The lowest BCUT2D eigenvalue weighted by Gasteiger charge is -2.18. The van der Waals surface area contributed by atoms with Gasteiger partial charge in [0.15, 0.2) is 0 Å². The van der Waals surface area contributed by atoms with Crippen molar-refractivity contribution in [1.82, 2.24) is 4.98 Å². The summed E-state index contributed by atoms with van der Waals surface area (Å²) in [6.45, 7) is 8.50. The van der Waals surface area contributed by atoms with Gasteiger partial charge in [0.25, 0.3) is 0 Å². The highest BCUT2D eigenvalue weighted by molar-refractivity contribution is 6.70. The summed E-state index contributed by atoms with van der Waals surface area (Å²) in [7, 11) is -1.46. The normalized spacial score (nSPS) is 11.3. The van der Waals surface area contributed by atoms with E-state index in [0.29, 0.717) is 0 Å². The molecular weight excluding hydrogens is 166 g/mol. The quantitative estimate of drug-likeness (QED) is 0.654. The minimum atomic E-state index is -1.46. The number of rotatable bonds is 2. The van der Waals surface area contributed by atoms with Gasteiger partial charge >= 0.3 is 0 Å². The second kappa shape index (κ2) is 3.27. The summed E-state index contributed by atoms with van der Waals surface area (Å²) in [6, 6.07) is 2.02. The lowest BCUT2D eigenvalue weighted by atomic mass is 10.3. The van der Waals surface area contributed by atoms with Crippen LogP contribution in [0.1, 0.15) is 5.56 Å². The fraction of sp³-hybridized carbons (Fsp3) is 0.444. The van der Waals surface area contributed by atoms with Gasteiger partial charge in [0.05, 0.1) is 6.20 Å². The molecule has 0 amide bonds. The fourth-order valence-corrected chi connectivity index (χ4v) is 1.76. The molecule has 1 aromatic heterocycles. The van der Waals surface area contributed by atoms with Crippen molar-refractivity contribution in [2.24, 2.45) is 0 Å². The molecule has 66 valence electrons. The van der Waals surface area contributed by atoms with Gasteiger partial charge in [-0.25, -0.2) is 0 Å². The molecule has 3 heteroatoms. The maximum absolute atomic E-state index is 5.76. The number of pyridine rings is 1. The van der Waals surface area contributed by atoms with E-state index < -0.39 is 8.32 Å². The van der Waals surface area contributed by atoms with Crippen LogP contribution in [0.3, 0.4) is 0 Å². The first-order valence-electron chi connectivity index (χ1n) is 4.08. The monoisotopic (exact) mass is 181 g/mol. The first-order valence-corrected chi connectivity index (χ1v) is 7.49. The Morgan fingerprint density at radius 3 is 2.42 bits per heavy atom. The summed E-state index contributed by atoms with van der Waals surface area (Å²) < 4.78 is 5.76. The second-order valence-corrected chi connectivity index (χ2v) is 8.34. The third-order valence-electron chi connectivity index (χ3n) is 1.27. The van der Waals surface area contributed by atoms with Crippen molar-refractivity contribution in [3.8, 4) is 5.75 Å². The molecule has 0 spiro atoms. The molecule has 1 rings (SSSR count). The predicted octanol–water partition coefficient (Wildman–Crippen LogP) is 2.60. The molecule has 0 radical (unpaired) electrons. The lowest BCUT2D eigenvalue weighted by molar-refractivity contribution is 0.554. The number of aromatic nitrogens is 1. The number of hydrogen-bond donors (Lipinski definition) is 0. The van der Waals surface area contributed by atoms with Gasteiger partial charge in [-0.05, 0) is 38.2 Å². The predicted molar refractivity (Wildman–Crippen MR) is 52.9 cm³/mol. The Labute approximate surface area is 74.7 Å². The first-order chi connectivity index (χ1) is 5.47. The van der Waals surface area contributed by atoms with Crippen molar-refractivity contribution in [2.75, 3.05) is 0 Å². The van der Waals surface area contributed by atoms with Crippen molar-refractivity contribution >= 4 is 8.32 Å². The largest absolute Gasteiger partial charge is 0.543 e. The SMILES string of the molecule is Cc1cncc(O[Si](C)(C)C)c1. The average Bonchev–Trinajstić information content (AvgIpc) is 1.82. The van der Waals surface area contributed by atoms with Crippen LogP contribution in [0.4, 0.5) is 0 Å². The van der Waals surface area contributed by atoms with E-state index in [1.54, 1.807) is 6.20 Å². The number of nitrogens with zero attached hydrogens (tertiary/aromatic N) is 1. The molecule has 0 N–H and O–H groups in total. The molecule has 1 aromatic rings. The van der Waals surface area contributed by atoms with Crippen molar-refractivity contribution in [2.45, 2.75) is 26.6 Å². The van der Waals surface area contributed by atoms with E-state index >= 15 is 0 Å². The zero-order valence-corrected chi connectivity index (χ0v) is 9.09. The van der Waals surface area contributed by atoms with Crippen LogP contribution in [-0.2, 0) is 0 Å². The molecule has 0 aliphatic carbocycles. The average molecular weight is 181 g/mol. The number of aryl methyl sites for hydroxylation is 1. The highest BCUT2D eigenvalue weighted by Crippen LogP contribution is 2.15. The summed E-state index contributed by atoms with van der Waals surface area (Å²) in [6.07, 6.45) is 3.60. The zero-order valence-electron chi connectivity index (χ0n) is 8.09. The maximum atomic E-state index is 5.76. The summed E-state index contributed by atoms with van der Waals surface area (Å²) >= 11 is 0. The van der Waals surface area contributed by atoms with Crippen molar-refractivity contribution in [3.63, 3.8) is 0 Å². The van der Waals surface area contributed by atoms with E-state index in [0.717, 1.165) is 11.3 Å². The van der Waals surface area contributed by atoms with Gasteiger partial charge in [0.2, 0.25) is 8.32 Å². The minimum Gasteiger partial charge on any atom is -0.543 e. The third kappa shape index (κ3) is 3.05. The van der Waals surface area contributed by atoms with Crippen LogP contribution in [0.25, 0.3) is 0 Å². The minimum absolute atomic E-state index is 0.897. The van der Waals surface area contributed by atoms with Crippen LogP contribution in [0.2, 0.25) is 19.6 Å². The Bertz CT molecular complexity index is 267. The fourth-order valence-electron chi connectivity index (χ4n) is 0.937. The molecule has 0 saturated carbocycles. The Hall–Kier alpha value is -0.833. The summed E-state index contributed by atoms with van der Waals surface area (Å²) in [5.74, 6) is 0.897. The van der Waals surface area contributed by atoms with Crippen molar-refractivity contribution in [3.05, 3.63) is 24.0 Å². The summed E-state index contributed by atoms with van der Waals surface area (Å²) in [5.41, 5.74) is 1.14. The molecule has 0 aromatic carbocycles. The summed E-state index contributed by atoms with van der Waals surface area (Å²) in [5, 5.41) is 0. The molecule has 0 saturated heterocycles. The smallest absolute Gasteiger partial charge is 0.242 e. The zero-order chi connectivity index (χ0) is 9.19. The van der Waals surface area contributed by atoms with Crippen molar-refractivity contribution in [1.29, 1.82) is 0 Å². The molecule has 0 unspecified atom stereocenters. The molecule has 0 bridgehead atoms. The van der Waals surface area contributed by atoms with E-state index in [4.69, 9.17) is 4.43 Å². The molecule has 12 heavy (non-hydrogen) atoms. The third-order valence-corrected chi connectivity index (χ3v) is 2.12. The van der Waals surface area contributed by atoms with Gasteiger partial charge in [0.1, 0.15) is 5.75 Å². The summed E-state index contributed by atoms with van der Waals surface area (Å²) in [4.78, 5) is 4.07. The van der Waals surface area contributed by atoms with E-state index in [2.05, 4.69) is 24.6 Å². The van der Waals surface area contributed by atoms with E-state index in [9.17, 15) is 0 Å². The van der Waals surface area contributed by atoms with Gasteiger partial charge < -0.3 is 4.43 Å². The van der Waals surface area contributed by atoms with Gasteiger partial charge in [0, 0.05) is 6.20 Å².